The molecule has 0 aromatic rings. The molecule has 0 aromatic carbocycles. The molecule has 1 N–H and O–H groups in total. The molecular formula is C10H14O3. The fourth-order valence-corrected chi connectivity index (χ4v) is 1.66. The second-order valence-electron chi connectivity index (χ2n) is 4.10. The van der Waals surface area contributed by atoms with E-state index in [9.17, 15) is 9.59 Å². The zero-order chi connectivity index (χ0) is 10.2. The van der Waals surface area contributed by atoms with E-state index in [4.69, 9.17) is 5.11 Å². The zero-order valence-corrected chi connectivity index (χ0v) is 8.13. The topological polar surface area (TPSA) is 54.4 Å². The maximum Gasteiger partial charge on any atom is 0.304 e. The molecule has 0 aromatic heterocycles. The van der Waals surface area contributed by atoms with Gasteiger partial charge in [-0.15, -0.1) is 0 Å². The van der Waals surface area contributed by atoms with E-state index >= 15 is 0 Å². The fraction of sp³-hybridized carbons (Fsp3) is 0.600. The van der Waals surface area contributed by atoms with Gasteiger partial charge >= 0.3 is 5.97 Å². The van der Waals surface area contributed by atoms with Crippen LogP contribution in [0.4, 0.5) is 0 Å². The number of ketones is 1. The Morgan fingerprint density at radius 2 is 2.15 bits per heavy atom. The summed E-state index contributed by atoms with van der Waals surface area (Å²) < 4.78 is 0. The van der Waals surface area contributed by atoms with Crippen LogP contribution in [0, 0.1) is 11.3 Å². The number of carboxylic acids is 1. The summed E-state index contributed by atoms with van der Waals surface area (Å²) in [5.74, 6) is -1.34. The number of hydrogen-bond donors (Lipinski definition) is 1. The Bertz CT molecular complexity index is 287. The quantitative estimate of drug-likeness (QED) is 0.706. The van der Waals surface area contributed by atoms with Crippen LogP contribution in [0.5, 0.6) is 0 Å². The van der Waals surface area contributed by atoms with E-state index in [1.54, 1.807) is 6.08 Å². The van der Waals surface area contributed by atoms with Gasteiger partial charge in [-0.3, -0.25) is 9.59 Å². The summed E-state index contributed by atoms with van der Waals surface area (Å²) in [6.07, 6.45) is 1.49. The summed E-state index contributed by atoms with van der Waals surface area (Å²) in [5.41, 5.74) is 0.680. The van der Waals surface area contributed by atoms with Gasteiger partial charge in [-0.1, -0.05) is 19.4 Å². The maximum absolute atomic E-state index is 11.4. The molecule has 0 saturated carbocycles. The molecule has 0 aliphatic heterocycles. The summed E-state index contributed by atoms with van der Waals surface area (Å²) in [6.45, 7) is 5.70. The highest BCUT2D eigenvalue weighted by molar-refractivity contribution is 5.98. The van der Waals surface area contributed by atoms with Crippen molar-refractivity contribution < 1.29 is 14.7 Å². The number of hydrogen-bond acceptors (Lipinski definition) is 2. The van der Waals surface area contributed by atoms with Crippen LogP contribution in [-0.2, 0) is 9.59 Å². The van der Waals surface area contributed by atoms with Gasteiger partial charge in [0.2, 0.25) is 0 Å². The first-order valence-corrected chi connectivity index (χ1v) is 4.30. The highest BCUT2D eigenvalue weighted by atomic mass is 16.4. The molecule has 72 valence electrons. The first-order chi connectivity index (χ1) is 5.85. The Kier molecular flexibility index (Phi) is 2.28. The average molecular weight is 182 g/mol. The van der Waals surface area contributed by atoms with E-state index in [1.807, 2.05) is 20.8 Å². The average Bonchev–Trinajstić information content (AvgIpc) is 2.13. The van der Waals surface area contributed by atoms with Crippen LogP contribution in [0.3, 0.4) is 0 Å². The van der Waals surface area contributed by atoms with Crippen LogP contribution < -0.4 is 0 Å². The molecule has 0 heterocycles. The van der Waals surface area contributed by atoms with Crippen molar-refractivity contribution in [2.75, 3.05) is 0 Å². The summed E-state index contributed by atoms with van der Waals surface area (Å²) in [7, 11) is 0. The predicted molar refractivity (Wildman–Crippen MR) is 48.3 cm³/mol. The van der Waals surface area contributed by atoms with E-state index in [0.29, 0.717) is 0 Å². The largest absolute Gasteiger partial charge is 0.481 e. The maximum atomic E-state index is 11.4. The van der Waals surface area contributed by atoms with Gasteiger partial charge < -0.3 is 5.11 Å². The van der Waals surface area contributed by atoms with Gasteiger partial charge in [0, 0.05) is 5.92 Å². The molecule has 0 saturated heterocycles. The molecule has 3 heteroatoms. The van der Waals surface area contributed by atoms with Gasteiger partial charge in [-0.25, -0.2) is 0 Å². The van der Waals surface area contributed by atoms with Crippen molar-refractivity contribution in [1.82, 2.24) is 0 Å². The van der Waals surface area contributed by atoms with Crippen molar-refractivity contribution in [3.8, 4) is 0 Å². The second-order valence-corrected chi connectivity index (χ2v) is 4.10. The van der Waals surface area contributed by atoms with Gasteiger partial charge in [-0.05, 0) is 18.4 Å². The third kappa shape index (κ3) is 1.64. The number of carboxylic acid groups (broad SMARTS) is 1. The fourth-order valence-electron chi connectivity index (χ4n) is 1.66. The normalized spacial score (nSPS) is 25.9. The minimum absolute atomic E-state index is 0.0510. The Labute approximate surface area is 77.4 Å². The molecule has 13 heavy (non-hydrogen) atoms. The lowest BCUT2D eigenvalue weighted by Gasteiger charge is -2.26. The van der Waals surface area contributed by atoms with Crippen molar-refractivity contribution >= 4 is 11.8 Å². The lowest BCUT2D eigenvalue weighted by molar-refractivity contribution is -0.141. The molecule has 3 nitrogen and oxygen atoms in total. The van der Waals surface area contributed by atoms with Gasteiger partial charge in [0.25, 0.3) is 0 Å². The van der Waals surface area contributed by atoms with E-state index < -0.39 is 5.97 Å². The SMILES string of the molecule is CC1=CC(=O)[C@H](CC(=O)O)C1(C)C. The number of aliphatic carboxylic acids is 1. The molecule has 1 aliphatic rings. The summed E-state index contributed by atoms with van der Waals surface area (Å²) in [6, 6.07) is 0. The van der Waals surface area contributed by atoms with E-state index in [1.165, 1.54) is 0 Å². The van der Waals surface area contributed by atoms with Crippen molar-refractivity contribution in [3.05, 3.63) is 11.6 Å². The molecule has 0 fully saturated rings. The van der Waals surface area contributed by atoms with Crippen molar-refractivity contribution in [1.29, 1.82) is 0 Å². The Morgan fingerprint density at radius 1 is 1.62 bits per heavy atom. The molecule has 1 aliphatic carbocycles. The van der Waals surface area contributed by atoms with Gasteiger partial charge in [-0.2, -0.15) is 0 Å². The molecule has 0 unspecified atom stereocenters. The van der Waals surface area contributed by atoms with Crippen LogP contribution in [-0.4, -0.2) is 16.9 Å². The molecule has 0 amide bonds. The molecule has 0 bridgehead atoms. The summed E-state index contributed by atoms with van der Waals surface area (Å²) >= 11 is 0. The summed E-state index contributed by atoms with van der Waals surface area (Å²) in [5, 5.41) is 8.63. The van der Waals surface area contributed by atoms with Crippen LogP contribution in [0.15, 0.2) is 11.6 Å². The number of carbonyl (C=O) groups is 2. The predicted octanol–water partition coefficient (Wildman–Crippen LogP) is 1.63. The number of carbonyl (C=O) groups excluding carboxylic acids is 1. The smallest absolute Gasteiger partial charge is 0.304 e. The van der Waals surface area contributed by atoms with Crippen molar-refractivity contribution in [3.63, 3.8) is 0 Å². The van der Waals surface area contributed by atoms with E-state index in [0.717, 1.165) is 5.57 Å². The summed E-state index contributed by atoms with van der Waals surface area (Å²) in [4.78, 5) is 21.9. The minimum atomic E-state index is -0.908. The molecule has 0 radical (unpaired) electrons. The van der Waals surface area contributed by atoms with Gasteiger partial charge in [0.05, 0.1) is 6.42 Å². The first kappa shape index (κ1) is 9.96. The lowest BCUT2D eigenvalue weighted by atomic mass is 9.76. The molecular weight excluding hydrogens is 168 g/mol. The highest BCUT2D eigenvalue weighted by Crippen LogP contribution is 2.42. The lowest BCUT2D eigenvalue weighted by Crippen LogP contribution is -2.27. The highest BCUT2D eigenvalue weighted by Gasteiger charge is 2.41. The van der Waals surface area contributed by atoms with Crippen molar-refractivity contribution in [2.45, 2.75) is 27.2 Å². The standard InChI is InChI=1S/C10H14O3/c1-6-4-8(11)7(5-9(12)13)10(6,2)3/h4,7H,5H2,1-3H3,(H,12,13)/t7-/m0/s1. The third-order valence-corrected chi connectivity index (χ3v) is 2.97. The Balaban J connectivity index is 2.89. The Hall–Kier alpha value is -1.12. The van der Waals surface area contributed by atoms with Crippen LogP contribution in [0.2, 0.25) is 0 Å². The van der Waals surface area contributed by atoms with Gasteiger partial charge in [0.1, 0.15) is 0 Å². The zero-order valence-electron chi connectivity index (χ0n) is 8.13. The van der Waals surface area contributed by atoms with Crippen LogP contribution in [0.1, 0.15) is 27.2 Å². The van der Waals surface area contributed by atoms with Crippen molar-refractivity contribution in [2.24, 2.45) is 11.3 Å². The monoisotopic (exact) mass is 182 g/mol. The van der Waals surface area contributed by atoms with Crippen LogP contribution in [0.25, 0.3) is 0 Å². The van der Waals surface area contributed by atoms with Gasteiger partial charge in [0.15, 0.2) is 5.78 Å². The molecule has 1 atom stereocenters. The minimum Gasteiger partial charge on any atom is -0.481 e. The van der Waals surface area contributed by atoms with Crippen LogP contribution >= 0.6 is 0 Å². The third-order valence-electron chi connectivity index (χ3n) is 2.97. The number of rotatable bonds is 2. The Morgan fingerprint density at radius 3 is 2.46 bits per heavy atom. The van der Waals surface area contributed by atoms with E-state index in [2.05, 4.69) is 0 Å². The van der Waals surface area contributed by atoms with E-state index in [-0.39, 0.29) is 23.5 Å². The number of allylic oxidation sites excluding steroid dienone is 2. The first-order valence-electron chi connectivity index (χ1n) is 4.30. The second kappa shape index (κ2) is 2.98. The molecule has 0 spiro atoms. The molecule has 1 rings (SSSR count).